The van der Waals surface area contributed by atoms with Gasteiger partial charge in [0.1, 0.15) is 5.69 Å². The smallest absolute Gasteiger partial charge is 0.268 e. The zero-order valence-electron chi connectivity index (χ0n) is 11.8. The molecule has 0 fully saturated rings. The van der Waals surface area contributed by atoms with Crippen molar-refractivity contribution in [3.05, 3.63) is 35.0 Å². The maximum Gasteiger partial charge on any atom is 0.268 e. The Hall–Kier alpha value is -1.81. The standard InChI is InChI=1S/C15H20N2O2/c1-9-5-6-12-11(10(9)2)7-13(16-12)14(19)17-15(3,4)8-18/h5-7,16,18H,8H2,1-4H3,(H,17,19). The topological polar surface area (TPSA) is 65.1 Å². The maximum atomic E-state index is 12.1. The Labute approximate surface area is 112 Å². The van der Waals surface area contributed by atoms with E-state index in [0.717, 1.165) is 10.9 Å². The number of aromatic nitrogens is 1. The summed E-state index contributed by atoms with van der Waals surface area (Å²) in [4.78, 5) is 15.2. The second-order valence-electron chi connectivity index (χ2n) is 5.65. The molecule has 0 saturated heterocycles. The number of carbonyl (C=O) groups excluding carboxylic acids is 1. The first-order chi connectivity index (χ1) is 8.84. The van der Waals surface area contributed by atoms with Crippen LogP contribution in [0.3, 0.4) is 0 Å². The fourth-order valence-electron chi connectivity index (χ4n) is 1.99. The van der Waals surface area contributed by atoms with Crippen molar-refractivity contribution < 1.29 is 9.90 Å². The SMILES string of the molecule is Cc1ccc2[nH]c(C(=O)NC(C)(C)CO)cc2c1C. The van der Waals surface area contributed by atoms with Gasteiger partial charge in [0.25, 0.3) is 5.91 Å². The number of rotatable bonds is 3. The molecule has 4 heteroatoms. The number of H-pyrrole nitrogens is 1. The van der Waals surface area contributed by atoms with E-state index in [1.807, 2.05) is 25.1 Å². The Bertz CT molecular complexity index is 626. The molecule has 4 nitrogen and oxygen atoms in total. The largest absolute Gasteiger partial charge is 0.394 e. The van der Waals surface area contributed by atoms with Gasteiger partial charge < -0.3 is 15.4 Å². The minimum absolute atomic E-state index is 0.100. The van der Waals surface area contributed by atoms with Gasteiger partial charge in [0, 0.05) is 10.9 Å². The lowest BCUT2D eigenvalue weighted by molar-refractivity contribution is 0.0865. The molecule has 0 unspecified atom stereocenters. The lowest BCUT2D eigenvalue weighted by Crippen LogP contribution is -2.46. The van der Waals surface area contributed by atoms with E-state index in [4.69, 9.17) is 0 Å². The average molecular weight is 260 g/mol. The minimum Gasteiger partial charge on any atom is -0.394 e. The van der Waals surface area contributed by atoms with Crippen LogP contribution < -0.4 is 5.32 Å². The molecule has 2 aromatic rings. The van der Waals surface area contributed by atoms with E-state index in [2.05, 4.69) is 17.2 Å². The number of aryl methyl sites for hydroxylation is 2. The lowest BCUT2D eigenvalue weighted by Gasteiger charge is -2.22. The van der Waals surface area contributed by atoms with Crippen molar-refractivity contribution in [1.82, 2.24) is 10.3 Å². The van der Waals surface area contributed by atoms with Crippen LogP contribution in [0.25, 0.3) is 10.9 Å². The summed E-state index contributed by atoms with van der Waals surface area (Å²) in [5.74, 6) is -0.202. The second-order valence-corrected chi connectivity index (χ2v) is 5.65. The van der Waals surface area contributed by atoms with Crippen molar-refractivity contribution >= 4 is 16.8 Å². The molecule has 0 radical (unpaired) electrons. The van der Waals surface area contributed by atoms with Crippen LogP contribution in [0.5, 0.6) is 0 Å². The van der Waals surface area contributed by atoms with Gasteiger partial charge in [0.15, 0.2) is 0 Å². The molecule has 102 valence electrons. The number of fused-ring (bicyclic) bond motifs is 1. The Morgan fingerprint density at radius 3 is 2.68 bits per heavy atom. The molecule has 0 aliphatic rings. The van der Waals surface area contributed by atoms with E-state index < -0.39 is 5.54 Å². The second kappa shape index (κ2) is 4.70. The summed E-state index contributed by atoms with van der Waals surface area (Å²) >= 11 is 0. The number of benzene rings is 1. The molecule has 0 atom stereocenters. The number of carbonyl (C=O) groups is 1. The van der Waals surface area contributed by atoms with Gasteiger partial charge in [-0.25, -0.2) is 0 Å². The van der Waals surface area contributed by atoms with E-state index in [1.54, 1.807) is 13.8 Å². The van der Waals surface area contributed by atoms with Crippen molar-refractivity contribution in [3.8, 4) is 0 Å². The van der Waals surface area contributed by atoms with Crippen LogP contribution in [0.15, 0.2) is 18.2 Å². The predicted molar refractivity (Wildman–Crippen MR) is 76.4 cm³/mol. The van der Waals surface area contributed by atoms with Gasteiger partial charge in [-0.3, -0.25) is 4.79 Å². The molecule has 0 saturated carbocycles. The predicted octanol–water partition coefficient (Wildman–Crippen LogP) is 2.29. The van der Waals surface area contributed by atoms with E-state index in [0.29, 0.717) is 5.69 Å². The third-order valence-corrected chi connectivity index (χ3v) is 3.44. The molecule has 1 aromatic heterocycles. The molecule has 1 amide bonds. The van der Waals surface area contributed by atoms with Crippen LogP contribution in [0.4, 0.5) is 0 Å². The highest BCUT2D eigenvalue weighted by Gasteiger charge is 2.21. The third kappa shape index (κ3) is 2.63. The Balaban J connectivity index is 2.37. The van der Waals surface area contributed by atoms with Gasteiger partial charge in [0.05, 0.1) is 12.1 Å². The summed E-state index contributed by atoms with van der Waals surface area (Å²) in [5, 5.41) is 13.0. The summed E-state index contributed by atoms with van der Waals surface area (Å²) in [5.41, 5.74) is 3.22. The zero-order chi connectivity index (χ0) is 14.2. The lowest BCUT2D eigenvalue weighted by atomic mass is 10.1. The van der Waals surface area contributed by atoms with Gasteiger partial charge in [-0.1, -0.05) is 6.07 Å². The molecule has 0 aliphatic carbocycles. The molecular weight excluding hydrogens is 240 g/mol. The van der Waals surface area contributed by atoms with Crippen LogP contribution in [0.1, 0.15) is 35.5 Å². The molecule has 2 rings (SSSR count). The number of hydrogen-bond acceptors (Lipinski definition) is 2. The zero-order valence-corrected chi connectivity index (χ0v) is 11.8. The van der Waals surface area contributed by atoms with Crippen molar-refractivity contribution in [2.24, 2.45) is 0 Å². The summed E-state index contributed by atoms with van der Waals surface area (Å²) in [6.45, 7) is 7.56. The van der Waals surface area contributed by atoms with E-state index in [9.17, 15) is 9.90 Å². The van der Waals surface area contributed by atoms with Gasteiger partial charge in [-0.05, 0) is 51.0 Å². The van der Waals surface area contributed by atoms with Gasteiger partial charge in [0.2, 0.25) is 0 Å². The Morgan fingerprint density at radius 2 is 2.05 bits per heavy atom. The third-order valence-electron chi connectivity index (χ3n) is 3.44. The first-order valence-corrected chi connectivity index (χ1v) is 6.36. The Morgan fingerprint density at radius 1 is 1.37 bits per heavy atom. The molecule has 0 aliphatic heterocycles. The highest BCUT2D eigenvalue weighted by molar-refractivity contribution is 5.99. The van der Waals surface area contributed by atoms with Crippen LogP contribution in [-0.2, 0) is 0 Å². The number of amides is 1. The van der Waals surface area contributed by atoms with E-state index in [-0.39, 0.29) is 12.5 Å². The van der Waals surface area contributed by atoms with E-state index >= 15 is 0 Å². The summed E-state index contributed by atoms with van der Waals surface area (Å²) in [6, 6.07) is 5.87. The molecular formula is C15H20N2O2. The van der Waals surface area contributed by atoms with E-state index in [1.165, 1.54) is 11.1 Å². The first-order valence-electron chi connectivity index (χ1n) is 6.36. The molecule has 1 aromatic carbocycles. The number of aliphatic hydroxyl groups excluding tert-OH is 1. The molecule has 1 heterocycles. The van der Waals surface area contributed by atoms with Crippen molar-refractivity contribution in [2.45, 2.75) is 33.2 Å². The molecule has 0 bridgehead atoms. The fourth-order valence-corrected chi connectivity index (χ4v) is 1.99. The number of aliphatic hydroxyl groups is 1. The normalized spacial score (nSPS) is 11.8. The van der Waals surface area contributed by atoms with Crippen molar-refractivity contribution in [1.29, 1.82) is 0 Å². The highest BCUT2D eigenvalue weighted by Crippen LogP contribution is 2.22. The first kappa shape index (κ1) is 13.6. The van der Waals surface area contributed by atoms with Crippen LogP contribution in [0.2, 0.25) is 0 Å². The number of aromatic amines is 1. The maximum absolute atomic E-state index is 12.1. The highest BCUT2D eigenvalue weighted by atomic mass is 16.3. The average Bonchev–Trinajstić information content (AvgIpc) is 2.78. The molecule has 0 spiro atoms. The Kier molecular flexibility index (Phi) is 3.37. The monoisotopic (exact) mass is 260 g/mol. The van der Waals surface area contributed by atoms with Gasteiger partial charge >= 0.3 is 0 Å². The van der Waals surface area contributed by atoms with Crippen molar-refractivity contribution in [3.63, 3.8) is 0 Å². The summed E-state index contributed by atoms with van der Waals surface area (Å²) in [6.07, 6.45) is 0. The summed E-state index contributed by atoms with van der Waals surface area (Å²) in [7, 11) is 0. The number of nitrogens with one attached hydrogen (secondary N) is 2. The fraction of sp³-hybridized carbons (Fsp3) is 0.400. The quantitative estimate of drug-likeness (QED) is 0.792. The number of hydrogen-bond donors (Lipinski definition) is 3. The minimum atomic E-state index is -0.626. The molecule has 3 N–H and O–H groups in total. The van der Waals surface area contributed by atoms with Crippen molar-refractivity contribution in [2.75, 3.05) is 6.61 Å². The van der Waals surface area contributed by atoms with Crippen LogP contribution >= 0.6 is 0 Å². The van der Waals surface area contributed by atoms with Gasteiger partial charge in [-0.2, -0.15) is 0 Å². The van der Waals surface area contributed by atoms with Gasteiger partial charge in [-0.15, -0.1) is 0 Å². The van der Waals surface area contributed by atoms with Crippen LogP contribution in [0, 0.1) is 13.8 Å². The van der Waals surface area contributed by atoms with Crippen LogP contribution in [-0.4, -0.2) is 28.1 Å². The molecule has 19 heavy (non-hydrogen) atoms. The summed E-state index contributed by atoms with van der Waals surface area (Å²) < 4.78 is 0.